The van der Waals surface area contributed by atoms with Crippen molar-refractivity contribution >= 4 is 11.7 Å². The van der Waals surface area contributed by atoms with E-state index in [4.69, 9.17) is 0 Å². The second-order valence-corrected chi connectivity index (χ2v) is 5.96. The van der Waals surface area contributed by atoms with Crippen LogP contribution in [0.2, 0.25) is 0 Å². The van der Waals surface area contributed by atoms with E-state index in [0.717, 1.165) is 44.0 Å². The SMILES string of the molecule is CCCn1nccc1NC(=O)CN1CCNCC1c1cccnc1. The van der Waals surface area contributed by atoms with Crippen molar-refractivity contribution in [1.82, 2.24) is 25.0 Å². The zero-order valence-electron chi connectivity index (χ0n) is 14.0. The highest BCUT2D eigenvalue weighted by Crippen LogP contribution is 2.21. The second-order valence-electron chi connectivity index (χ2n) is 5.96. The van der Waals surface area contributed by atoms with E-state index in [1.165, 1.54) is 0 Å². The Labute approximate surface area is 142 Å². The molecule has 0 radical (unpaired) electrons. The van der Waals surface area contributed by atoms with Gasteiger partial charge >= 0.3 is 0 Å². The van der Waals surface area contributed by atoms with E-state index in [9.17, 15) is 4.79 Å². The Bertz CT molecular complexity index is 656. The number of pyridine rings is 1. The van der Waals surface area contributed by atoms with Crippen LogP contribution >= 0.6 is 0 Å². The zero-order chi connectivity index (χ0) is 16.8. The molecule has 1 aliphatic rings. The summed E-state index contributed by atoms with van der Waals surface area (Å²) in [4.78, 5) is 18.9. The average Bonchev–Trinajstić information content (AvgIpc) is 3.03. The first kappa shape index (κ1) is 16.6. The minimum absolute atomic E-state index is 0.0105. The Morgan fingerprint density at radius 2 is 2.33 bits per heavy atom. The fourth-order valence-corrected chi connectivity index (χ4v) is 3.03. The van der Waals surface area contributed by atoms with Crippen LogP contribution < -0.4 is 10.6 Å². The normalized spacial score (nSPS) is 18.5. The van der Waals surface area contributed by atoms with Gasteiger partial charge in [-0.15, -0.1) is 0 Å². The van der Waals surface area contributed by atoms with E-state index in [1.807, 2.05) is 23.0 Å². The number of carbonyl (C=O) groups is 1. The smallest absolute Gasteiger partial charge is 0.239 e. The molecular weight excluding hydrogens is 304 g/mol. The molecule has 3 rings (SSSR count). The van der Waals surface area contributed by atoms with Crippen LogP contribution in [-0.4, -0.2) is 51.8 Å². The molecule has 2 aromatic rings. The van der Waals surface area contributed by atoms with Gasteiger partial charge in [0, 0.05) is 50.7 Å². The third-order valence-corrected chi connectivity index (χ3v) is 4.19. The third-order valence-electron chi connectivity index (χ3n) is 4.19. The van der Waals surface area contributed by atoms with Crippen LogP contribution in [0.5, 0.6) is 0 Å². The van der Waals surface area contributed by atoms with Gasteiger partial charge in [0.15, 0.2) is 0 Å². The molecule has 1 aliphatic heterocycles. The van der Waals surface area contributed by atoms with Gasteiger partial charge in [0.05, 0.1) is 12.7 Å². The Balaban J connectivity index is 1.64. The minimum Gasteiger partial charge on any atom is -0.314 e. The van der Waals surface area contributed by atoms with Crippen LogP contribution in [-0.2, 0) is 11.3 Å². The topological polar surface area (TPSA) is 75.1 Å². The average molecular weight is 328 g/mol. The molecule has 24 heavy (non-hydrogen) atoms. The van der Waals surface area contributed by atoms with Crippen LogP contribution in [0.1, 0.15) is 24.9 Å². The largest absolute Gasteiger partial charge is 0.314 e. The van der Waals surface area contributed by atoms with Crippen LogP contribution in [0.25, 0.3) is 0 Å². The second kappa shape index (κ2) is 8.03. The molecule has 0 aromatic carbocycles. The summed E-state index contributed by atoms with van der Waals surface area (Å²) in [5.41, 5.74) is 1.13. The summed E-state index contributed by atoms with van der Waals surface area (Å²) < 4.78 is 1.83. The van der Waals surface area contributed by atoms with Gasteiger partial charge in [-0.2, -0.15) is 5.10 Å². The highest BCUT2D eigenvalue weighted by molar-refractivity contribution is 5.91. The van der Waals surface area contributed by atoms with E-state index >= 15 is 0 Å². The molecule has 2 N–H and O–H groups in total. The maximum Gasteiger partial charge on any atom is 0.239 e. The first-order valence-electron chi connectivity index (χ1n) is 8.44. The van der Waals surface area contributed by atoms with Crippen LogP contribution in [0.15, 0.2) is 36.8 Å². The lowest BCUT2D eigenvalue weighted by atomic mass is 10.1. The summed E-state index contributed by atoms with van der Waals surface area (Å²) in [5, 5.41) is 10.6. The van der Waals surface area contributed by atoms with Gasteiger partial charge in [0.25, 0.3) is 0 Å². The number of aromatic nitrogens is 3. The summed E-state index contributed by atoms with van der Waals surface area (Å²) in [6.45, 7) is 5.80. The molecule has 2 aromatic heterocycles. The summed E-state index contributed by atoms with van der Waals surface area (Å²) >= 11 is 0. The van der Waals surface area contributed by atoms with Crippen molar-refractivity contribution in [3.8, 4) is 0 Å². The van der Waals surface area contributed by atoms with Crippen molar-refractivity contribution in [1.29, 1.82) is 0 Å². The number of hydrogen-bond donors (Lipinski definition) is 2. The molecule has 7 nitrogen and oxygen atoms in total. The van der Waals surface area contributed by atoms with Crippen LogP contribution in [0.3, 0.4) is 0 Å². The van der Waals surface area contributed by atoms with Crippen molar-refractivity contribution in [2.45, 2.75) is 25.9 Å². The number of nitrogens with one attached hydrogen (secondary N) is 2. The van der Waals surface area contributed by atoms with Crippen molar-refractivity contribution in [3.63, 3.8) is 0 Å². The number of rotatable bonds is 6. The Morgan fingerprint density at radius 3 is 3.12 bits per heavy atom. The highest BCUT2D eigenvalue weighted by Gasteiger charge is 2.25. The summed E-state index contributed by atoms with van der Waals surface area (Å²) in [6, 6.07) is 6.00. The number of piperazine rings is 1. The predicted molar refractivity (Wildman–Crippen MR) is 92.6 cm³/mol. The first-order valence-corrected chi connectivity index (χ1v) is 8.44. The number of nitrogens with zero attached hydrogens (tertiary/aromatic N) is 4. The number of hydrogen-bond acceptors (Lipinski definition) is 5. The summed E-state index contributed by atoms with van der Waals surface area (Å²) in [6.07, 6.45) is 6.34. The van der Waals surface area contributed by atoms with Gasteiger partial charge in [0.1, 0.15) is 5.82 Å². The van der Waals surface area contributed by atoms with Gasteiger partial charge in [-0.25, -0.2) is 4.68 Å². The lowest BCUT2D eigenvalue weighted by Crippen LogP contribution is -2.48. The van der Waals surface area contributed by atoms with Gasteiger partial charge in [0.2, 0.25) is 5.91 Å². The summed E-state index contributed by atoms with van der Waals surface area (Å²) in [5.74, 6) is 0.749. The van der Waals surface area contributed by atoms with Gasteiger partial charge < -0.3 is 10.6 Å². The summed E-state index contributed by atoms with van der Waals surface area (Å²) in [7, 11) is 0. The highest BCUT2D eigenvalue weighted by atomic mass is 16.2. The molecule has 1 amide bonds. The third kappa shape index (κ3) is 3.98. The van der Waals surface area contributed by atoms with Gasteiger partial charge in [-0.3, -0.25) is 14.7 Å². The number of aryl methyl sites for hydroxylation is 1. The van der Waals surface area contributed by atoms with Crippen molar-refractivity contribution in [3.05, 3.63) is 42.4 Å². The maximum atomic E-state index is 12.5. The predicted octanol–water partition coefficient (Wildman–Crippen LogP) is 1.27. The van der Waals surface area contributed by atoms with Gasteiger partial charge in [-0.1, -0.05) is 13.0 Å². The van der Waals surface area contributed by atoms with E-state index < -0.39 is 0 Å². The maximum absolute atomic E-state index is 12.5. The Kier molecular flexibility index (Phi) is 5.55. The molecular formula is C17H24N6O. The fraction of sp³-hybridized carbons (Fsp3) is 0.471. The molecule has 7 heteroatoms. The number of anilines is 1. The molecule has 3 heterocycles. The van der Waals surface area contributed by atoms with Crippen molar-refractivity contribution in [2.24, 2.45) is 0 Å². The molecule has 1 fully saturated rings. The van der Waals surface area contributed by atoms with E-state index in [0.29, 0.717) is 6.54 Å². The van der Waals surface area contributed by atoms with Crippen LogP contribution in [0.4, 0.5) is 5.82 Å². The van der Waals surface area contributed by atoms with E-state index in [2.05, 4.69) is 38.6 Å². The molecule has 1 atom stereocenters. The van der Waals surface area contributed by atoms with Crippen molar-refractivity contribution in [2.75, 3.05) is 31.5 Å². The number of carbonyl (C=O) groups excluding carboxylic acids is 1. The lowest BCUT2D eigenvalue weighted by Gasteiger charge is -2.35. The minimum atomic E-state index is -0.0105. The monoisotopic (exact) mass is 328 g/mol. The molecule has 1 saturated heterocycles. The molecule has 0 aliphatic carbocycles. The molecule has 0 saturated carbocycles. The molecule has 0 spiro atoms. The first-order chi connectivity index (χ1) is 11.8. The molecule has 0 bridgehead atoms. The van der Waals surface area contributed by atoms with Crippen molar-refractivity contribution < 1.29 is 4.79 Å². The van der Waals surface area contributed by atoms with E-state index in [1.54, 1.807) is 12.4 Å². The Hall–Kier alpha value is -2.25. The fourth-order valence-electron chi connectivity index (χ4n) is 3.03. The lowest BCUT2D eigenvalue weighted by molar-refractivity contribution is -0.118. The van der Waals surface area contributed by atoms with Gasteiger partial charge in [-0.05, 0) is 18.1 Å². The van der Waals surface area contributed by atoms with Crippen LogP contribution in [0, 0.1) is 0 Å². The number of amides is 1. The van der Waals surface area contributed by atoms with E-state index in [-0.39, 0.29) is 11.9 Å². The zero-order valence-corrected chi connectivity index (χ0v) is 14.0. The Morgan fingerprint density at radius 1 is 1.42 bits per heavy atom. The molecule has 128 valence electrons. The molecule has 1 unspecified atom stereocenters. The quantitative estimate of drug-likeness (QED) is 0.835. The standard InChI is InChI=1S/C17H24N6O/c1-2-9-23-16(5-7-20-23)21-17(24)13-22-10-8-19-12-15(22)14-4-3-6-18-11-14/h3-7,11,15,19H,2,8-10,12-13H2,1H3,(H,21,24).